The van der Waals surface area contributed by atoms with Crippen molar-refractivity contribution in [2.45, 2.75) is 6.92 Å². The number of rotatable bonds is 1. The molecular formula is C24H17NO. The number of carbonyl (C=O) groups excluding carboxylic acids is 1. The van der Waals surface area contributed by atoms with E-state index >= 15 is 0 Å². The van der Waals surface area contributed by atoms with E-state index in [-0.39, 0.29) is 5.91 Å². The highest BCUT2D eigenvalue weighted by molar-refractivity contribution is 6.04. The van der Waals surface area contributed by atoms with Crippen LogP contribution in [0.1, 0.15) is 27.0 Å². The number of aryl methyl sites for hydroxylation is 1. The van der Waals surface area contributed by atoms with Crippen LogP contribution in [-0.2, 0) is 0 Å². The van der Waals surface area contributed by atoms with Crippen molar-refractivity contribution in [1.29, 1.82) is 0 Å². The van der Waals surface area contributed by atoms with E-state index in [1.807, 2.05) is 92.0 Å². The van der Waals surface area contributed by atoms with Gasteiger partial charge in [0.05, 0.1) is 11.1 Å². The van der Waals surface area contributed by atoms with E-state index in [0.29, 0.717) is 5.56 Å². The number of hydrogen-bond acceptors (Lipinski definition) is 1. The maximum atomic E-state index is 13.2. The highest BCUT2D eigenvalue weighted by Crippen LogP contribution is 2.22. The first-order valence-electron chi connectivity index (χ1n) is 8.51. The molecule has 0 N–H and O–H groups in total. The molecule has 0 aliphatic heterocycles. The van der Waals surface area contributed by atoms with E-state index in [0.717, 1.165) is 27.6 Å². The van der Waals surface area contributed by atoms with Crippen LogP contribution >= 0.6 is 0 Å². The van der Waals surface area contributed by atoms with Crippen molar-refractivity contribution in [3.05, 3.63) is 107 Å². The number of hydrogen-bond donors (Lipinski definition) is 0. The highest BCUT2D eigenvalue weighted by Gasteiger charge is 2.15. The maximum absolute atomic E-state index is 13.2. The molecule has 0 unspecified atom stereocenters. The van der Waals surface area contributed by atoms with Crippen LogP contribution in [-0.4, -0.2) is 10.5 Å². The molecule has 124 valence electrons. The Balaban J connectivity index is 1.79. The Labute approximate surface area is 152 Å². The predicted molar refractivity (Wildman–Crippen MR) is 105 cm³/mol. The summed E-state index contributed by atoms with van der Waals surface area (Å²) in [6, 6.07) is 25.2. The Morgan fingerprint density at radius 1 is 0.808 bits per heavy atom. The van der Waals surface area contributed by atoms with Crippen LogP contribution in [0.2, 0.25) is 0 Å². The first-order valence-corrected chi connectivity index (χ1v) is 8.51. The lowest BCUT2D eigenvalue weighted by Crippen LogP contribution is -2.12. The SMILES string of the molecule is Cc1cn(C(=O)c2ccccc2C#Cc2ccccc2)c2ccccc12. The summed E-state index contributed by atoms with van der Waals surface area (Å²) in [5, 5.41) is 1.09. The molecule has 0 saturated heterocycles. The maximum Gasteiger partial charge on any atom is 0.263 e. The van der Waals surface area contributed by atoms with Gasteiger partial charge in [0.15, 0.2) is 0 Å². The molecule has 1 aromatic heterocycles. The lowest BCUT2D eigenvalue weighted by Gasteiger charge is -2.06. The first-order chi connectivity index (χ1) is 12.7. The molecule has 3 aromatic carbocycles. The van der Waals surface area contributed by atoms with E-state index < -0.39 is 0 Å². The molecule has 0 aliphatic rings. The molecule has 0 saturated carbocycles. The van der Waals surface area contributed by atoms with Gasteiger partial charge in [0.2, 0.25) is 0 Å². The van der Waals surface area contributed by atoms with Crippen molar-refractivity contribution in [2.75, 3.05) is 0 Å². The van der Waals surface area contributed by atoms with E-state index in [1.165, 1.54) is 0 Å². The summed E-state index contributed by atoms with van der Waals surface area (Å²) < 4.78 is 1.72. The van der Waals surface area contributed by atoms with Gasteiger partial charge in [-0.05, 0) is 42.8 Å². The van der Waals surface area contributed by atoms with Crippen molar-refractivity contribution in [3.8, 4) is 11.8 Å². The van der Waals surface area contributed by atoms with E-state index in [9.17, 15) is 4.79 Å². The van der Waals surface area contributed by atoms with Gasteiger partial charge in [-0.15, -0.1) is 0 Å². The zero-order chi connectivity index (χ0) is 17.9. The average Bonchev–Trinajstić information content (AvgIpc) is 3.04. The minimum atomic E-state index is -0.0627. The van der Waals surface area contributed by atoms with E-state index in [4.69, 9.17) is 0 Å². The van der Waals surface area contributed by atoms with Crippen molar-refractivity contribution in [2.24, 2.45) is 0 Å². The Kier molecular flexibility index (Phi) is 4.13. The minimum Gasteiger partial charge on any atom is -0.283 e. The van der Waals surface area contributed by atoms with Crippen LogP contribution < -0.4 is 0 Å². The lowest BCUT2D eigenvalue weighted by atomic mass is 10.1. The van der Waals surface area contributed by atoms with Gasteiger partial charge < -0.3 is 0 Å². The van der Waals surface area contributed by atoms with E-state index in [1.54, 1.807) is 4.57 Å². The fraction of sp³-hybridized carbons (Fsp3) is 0.0417. The van der Waals surface area contributed by atoms with Crippen molar-refractivity contribution < 1.29 is 4.79 Å². The molecule has 2 nitrogen and oxygen atoms in total. The second-order valence-corrected chi connectivity index (χ2v) is 6.17. The summed E-state index contributed by atoms with van der Waals surface area (Å²) in [7, 11) is 0. The standard InChI is InChI=1S/C24H17NO/c1-18-17-25(23-14-8-7-12-21(18)23)24(26)22-13-6-5-11-20(22)16-15-19-9-3-2-4-10-19/h2-14,17H,1H3. The van der Waals surface area contributed by atoms with E-state index in [2.05, 4.69) is 11.8 Å². The van der Waals surface area contributed by atoms with Crippen molar-refractivity contribution >= 4 is 16.8 Å². The molecule has 4 rings (SSSR count). The van der Waals surface area contributed by atoms with Gasteiger partial charge in [-0.3, -0.25) is 9.36 Å². The number of para-hydroxylation sites is 1. The predicted octanol–water partition coefficient (Wildman–Crippen LogP) is 5.04. The smallest absolute Gasteiger partial charge is 0.263 e. The Bertz CT molecular complexity index is 1160. The van der Waals surface area contributed by atoms with Gasteiger partial charge in [0, 0.05) is 22.7 Å². The molecule has 0 radical (unpaired) electrons. The Morgan fingerprint density at radius 2 is 1.50 bits per heavy atom. The summed E-state index contributed by atoms with van der Waals surface area (Å²) in [6.45, 7) is 2.02. The normalized spacial score (nSPS) is 10.3. The molecule has 0 fully saturated rings. The summed E-state index contributed by atoms with van der Waals surface area (Å²) in [4.78, 5) is 13.2. The van der Waals surface area contributed by atoms with Gasteiger partial charge in [-0.25, -0.2) is 0 Å². The fourth-order valence-corrected chi connectivity index (χ4v) is 3.09. The number of aromatic nitrogens is 1. The average molecular weight is 335 g/mol. The molecule has 0 amide bonds. The zero-order valence-corrected chi connectivity index (χ0v) is 14.4. The van der Waals surface area contributed by atoms with Gasteiger partial charge in [0.1, 0.15) is 0 Å². The van der Waals surface area contributed by atoms with Gasteiger partial charge in [-0.2, -0.15) is 0 Å². The molecule has 26 heavy (non-hydrogen) atoms. The van der Waals surface area contributed by atoms with Gasteiger partial charge >= 0.3 is 0 Å². The first kappa shape index (κ1) is 15.9. The molecule has 0 atom stereocenters. The Morgan fingerprint density at radius 3 is 2.35 bits per heavy atom. The van der Waals surface area contributed by atoms with Crippen molar-refractivity contribution in [3.63, 3.8) is 0 Å². The van der Waals surface area contributed by atoms with Crippen LogP contribution in [0.4, 0.5) is 0 Å². The second kappa shape index (κ2) is 6.74. The topological polar surface area (TPSA) is 22.0 Å². The molecule has 0 bridgehead atoms. The number of carbonyl (C=O) groups is 1. The van der Waals surface area contributed by atoms with Gasteiger partial charge in [0.25, 0.3) is 5.91 Å². The van der Waals surface area contributed by atoms with Crippen LogP contribution in [0.5, 0.6) is 0 Å². The largest absolute Gasteiger partial charge is 0.283 e. The third-order valence-electron chi connectivity index (χ3n) is 4.40. The number of benzene rings is 3. The second-order valence-electron chi connectivity index (χ2n) is 6.17. The number of fused-ring (bicyclic) bond motifs is 1. The third kappa shape index (κ3) is 2.92. The lowest BCUT2D eigenvalue weighted by molar-refractivity contribution is 0.0964. The molecule has 2 heteroatoms. The summed E-state index contributed by atoms with van der Waals surface area (Å²) in [6.07, 6.45) is 1.90. The zero-order valence-electron chi connectivity index (χ0n) is 14.4. The minimum absolute atomic E-state index is 0.0627. The number of nitrogens with zero attached hydrogens (tertiary/aromatic N) is 1. The van der Waals surface area contributed by atoms with Gasteiger partial charge in [-0.1, -0.05) is 60.4 Å². The van der Waals surface area contributed by atoms with Crippen LogP contribution in [0, 0.1) is 18.8 Å². The summed E-state index contributed by atoms with van der Waals surface area (Å²) in [5.74, 6) is 6.23. The molecule has 4 aromatic rings. The fourth-order valence-electron chi connectivity index (χ4n) is 3.09. The summed E-state index contributed by atoms with van der Waals surface area (Å²) >= 11 is 0. The van der Waals surface area contributed by atoms with Crippen LogP contribution in [0.15, 0.2) is 85.1 Å². The molecule has 0 spiro atoms. The summed E-state index contributed by atoms with van der Waals surface area (Å²) in [5.41, 5.74) is 4.27. The monoisotopic (exact) mass is 335 g/mol. The molecule has 1 heterocycles. The molecule has 0 aliphatic carbocycles. The van der Waals surface area contributed by atoms with Crippen molar-refractivity contribution in [1.82, 2.24) is 4.57 Å². The molecular weight excluding hydrogens is 318 g/mol. The third-order valence-corrected chi connectivity index (χ3v) is 4.40. The van der Waals surface area contributed by atoms with Crippen LogP contribution in [0.3, 0.4) is 0 Å². The highest BCUT2D eigenvalue weighted by atomic mass is 16.2. The van der Waals surface area contributed by atoms with Crippen LogP contribution in [0.25, 0.3) is 10.9 Å². The quantitative estimate of drug-likeness (QED) is 0.447. The Hall–Kier alpha value is -3.57.